The normalized spacial score (nSPS) is 11.4. The molecule has 6 rings (SSSR count). The zero-order valence-corrected chi connectivity index (χ0v) is 17.7. The van der Waals surface area contributed by atoms with Crippen LogP contribution < -0.4 is 0 Å². The third kappa shape index (κ3) is 3.61. The summed E-state index contributed by atoms with van der Waals surface area (Å²) in [5.41, 5.74) is 5.76. The molecule has 2 aromatic carbocycles. The maximum atomic E-state index is 11.0. The summed E-state index contributed by atoms with van der Waals surface area (Å²) in [6.45, 7) is 0. The van der Waals surface area contributed by atoms with Crippen molar-refractivity contribution in [3.05, 3.63) is 114 Å². The number of hydrogen-bond acceptors (Lipinski definition) is 5. The Morgan fingerprint density at radius 3 is 2.61 bits per heavy atom. The Kier molecular flexibility index (Phi) is 4.61. The number of aromatic hydroxyl groups is 1. The predicted molar refractivity (Wildman–Crippen MR) is 126 cm³/mol. The molecular weight excluding hydrogens is 412 g/mol. The molecule has 0 amide bonds. The van der Waals surface area contributed by atoms with Crippen LogP contribution in [0.1, 0.15) is 22.7 Å². The van der Waals surface area contributed by atoms with E-state index in [1.54, 1.807) is 16.9 Å². The molecule has 4 heterocycles. The molecule has 0 saturated heterocycles. The fraction of sp³-hybridized carbons (Fsp3) is 0.0741. The van der Waals surface area contributed by atoms with Gasteiger partial charge in [-0.25, -0.2) is 9.97 Å². The predicted octanol–water partition coefficient (Wildman–Crippen LogP) is 5.42. The van der Waals surface area contributed by atoms with E-state index in [4.69, 9.17) is 14.4 Å². The summed E-state index contributed by atoms with van der Waals surface area (Å²) in [5, 5.41) is 12.1. The summed E-state index contributed by atoms with van der Waals surface area (Å²) < 4.78 is 7.19. The molecule has 1 N–H and O–H groups in total. The highest BCUT2D eigenvalue weighted by atomic mass is 16.3. The number of pyridine rings is 1. The quantitative estimate of drug-likeness (QED) is 0.393. The van der Waals surface area contributed by atoms with Crippen LogP contribution in [0.25, 0.3) is 27.8 Å². The van der Waals surface area contributed by atoms with Gasteiger partial charge in [0.2, 0.25) is 5.88 Å². The molecule has 0 atom stereocenters. The van der Waals surface area contributed by atoms with E-state index in [1.165, 1.54) is 0 Å². The first-order chi connectivity index (χ1) is 16.2. The first-order valence-corrected chi connectivity index (χ1v) is 10.8. The second-order valence-corrected chi connectivity index (χ2v) is 7.98. The molecule has 6 nitrogen and oxygen atoms in total. The Balaban J connectivity index is 1.52. The van der Waals surface area contributed by atoms with Crippen molar-refractivity contribution in [2.75, 3.05) is 0 Å². The highest BCUT2D eigenvalue weighted by Crippen LogP contribution is 2.29. The van der Waals surface area contributed by atoms with Gasteiger partial charge in [-0.1, -0.05) is 42.5 Å². The Hall–Kier alpha value is -4.45. The van der Waals surface area contributed by atoms with E-state index in [0.29, 0.717) is 24.2 Å². The van der Waals surface area contributed by atoms with Gasteiger partial charge in [-0.15, -0.1) is 0 Å². The zero-order valence-electron chi connectivity index (χ0n) is 17.7. The average Bonchev–Trinajstić information content (AvgIpc) is 3.48. The standard InChI is InChI=1S/C27H20N4O2/c32-27-24(16-21-9-5-13-33-21)30-26-23(14-18-6-2-1-3-7-18)29-25(17-31(26)27)20-10-11-22-19(15-20)8-4-12-28-22/h1-13,15,17,32H,14,16H2. The molecule has 0 radical (unpaired) electrons. The molecule has 4 aromatic heterocycles. The molecule has 6 aromatic rings. The monoisotopic (exact) mass is 432 g/mol. The maximum absolute atomic E-state index is 11.0. The summed E-state index contributed by atoms with van der Waals surface area (Å²) >= 11 is 0. The van der Waals surface area contributed by atoms with Crippen molar-refractivity contribution < 1.29 is 9.52 Å². The minimum atomic E-state index is 0.0989. The van der Waals surface area contributed by atoms with E-state index >= 15 is 0 Å². The van der Waals surface area contributed by atoms with Gasteiger partial charge in [0.05, 0.1) is 29.6 Å². The van der Waals surface area contributed by atoms with Gasteiger partial charge in [-0.3, -0.25) is 9.38 Å². The van der Waals surface area contributed by atoms with Crippen molar-refractivity contribution in [1.29, 1.82) is 0 Å². The third-order valence-corrected chi connectivity index (χ3v) is 5.76. The van der Waals surface area contributed by atoms with Gasteiger partial charge in [0.25, 0.3) is 0 Å². The largest absolute Gasteiger partial charge is 0.493 e. The Labute approximate surface area is 189 Å². The number of fused-ring (bicyclic) bond motifs is 2. The number of rotatable bonds is 5. The van der Waals surface area contributed by atoms with E-state index in [-0.39, 0.29) is 5.88 Å². The van der Waals surface area contributed by atoms with Crippen LogP contribution in [0.4, 0.5) is 0 Å². The number of benzene rings is 2. The Morgan fingerprint density at radius 2 is 1.76 bits per heavy atom. The fourth-order valence-electron chi connectivity index (χ4n) is 4.12. The van der Waals surface area contributed by atoms with Gasteiger partial charge in [0.15, 0.2) is 5.65 Å². The van der Waals surface area contributed by atoms with Crippen LogP contribution in [0, 0.1) is 0 Å². The average molecular weight is 432 g/mol. The SMILES string of the molecule is Oc1c(Cc2ccco2)nc2c(Cc3ccccc3)nc(-c3ccc4ncccc4c3)cn12. The lowest BCUT2D eigenvalue weighted by atomic mass is 10.1. The minimum absolute atomic E-state index is 0.0989. The number of nitrogens with zero attached hydrogens (tertiary/aromatic N) is 4. The maximum Gasteiger partial charge on any atom is 0.219 e. The van der Waals surface area contributed by atoms with Crippen LogP contribution in [-0.4, -0.2) is 24.5 Å². The van der Waals surface area contributed by atoms with Crippen molar-refractivity contribution in [2.24, 2.45) is 0 Å². The zero-order chi connectivity index (χ0) is 22.2. The molecule has 0 aliphatic rings. The summed E-state index contributed by atoms with van der Waals surface area (Å²) in [4.78, 5) is 14.1. The van der Waals surface area contributed by atoms with E-state index < -0.39 is 0 Å². The number of hydrogen-bond donors (Lipinski definition) is 1. The van der Waals surface area contributed by atoms with Crippen molar-refractivity contribution in [2.45, 2.75) is 12.8 Å². The Morgan fingerprint density at radius 1 is 0.848 bits per heavy atom. The molecule has 6 heteroatoms. The molecule has 0 saturated carbocycles. The summed E-state index contributed by atoms with van der Waals surface area (Å²) in [7, 11) is 0. The summed E-state index contributed by atoms with van der Waals surface area (Å²) in [6, 6.07) is 23.9. The molecule has 0 aliphatic carbocycles. The molecule has 0 aliphatic heterocycles. The minimum Gasteiger partial charge on any atom is -0.493 e. The van der Waals surface area contributed by atoms with Crippen LogP contribution in [-0.2, 0) is 12.8 Å². The van der Waals surface area contributed by atoms with Crippen LogP contribution in [0.2, 0.25) is 0 Å². The first kappa shape index (κ1) is 19.3. The second kappa shape index (κ2) is 7.91. The van der Waals surface area contributed by atoms with Gasteiger partial charge in [-0.05, 0) is 35.9 Å². The number of imidazole rings is 1. The van der Waals surface area contributed by atoms with Crippen molar-refractivity contribution in [1.82, 2.24) is 19.4 Å². The molecular formula is C27H20N4O2. The summed E-state index contributed by atoms with van der Waals surface area (Å²) in [5.74, 6) is 0.843. The van der Waals surface area contributed by atoms with Gasteiger partial charge in [0, 0.05) is 29.8 Å². The van der Waals surface area contributed by atoms with Crippen molar-refractivity contribution in [3.8, 4) is 17.1 Å². The van der Waals surface area contributed by atoms with Gasteiger partial charge < -0.3 is 9.52 Å². The second-order valence-electron chi connectivity index (χ2n) is 7.98. The topological polar surface area (TPSA) is 76.5 Å². The van der Waals surface area contributed by atoms with E-state index in [0.717, 1.165) is 39.2 Å². The Bertz CT molecular complexity index is 1570. The third-order valence-electron chi connectivity index (χ3n) is 5.76. The van der Waals surface area contributed by atoms with Crippen LogP contribution in [0.5, 0.6) is 5.88 Å². The van der Waals surface area contributed by atoms with Crippen LogP contribution >= 0.6 is 0 Å². The van der Waals surface area contributed by atoms with E-state index in [2.05, 4.69) is 23.2 Å². The lowest BCUT2D eigenvalue weighted by molar-refractivity contribution is 0.438. The van der Waals surface area contributed by atoms with Gasteiger partial charge >= 0.3 is 0 Å². The lowest BCUT2D eigenvalue weighted by Gasteiger charge is -2.09. The van der Waals surface area contributed by atoms with Crippen molar-refractivity contribution >= 4 is 16.6 Å². The molecule has 33 heavy (non-hydrogen) atoms. The van der Waals surface area contributed by atoms with Crippen LogP contribution in [0.3, 0.4) is 0 Å². The first-order valence-electron chi connectivity index (χ1n) is 10.8. The molecule has 0 unspecified atom stereocenters. The molecule has 160 valence electrons. The number of furan rings is 1. The molecule has 0 spiro atoms. The number of aromatic nitrogens is 4. The fourth-order valence-corrected chi connectivity index (χ4v) is 4.12. The summed E-state index contributed by atoms with van der Waals surface area (Å²) in [6.07, 6.45) is 6.26. The van der Waals surface area contributed by atoms with Gasteiger partial charge in [-0.2, -0.15) is 0 Å². The smallest absolute Gasteiger partial charge is 0.219 e. The van der Waals surface area contributed by atoms with Crippen molar-refractivity contribution in [3.63, 3.8) is 0 Å². The molecule has 0 bridgehead atoms. The van der Waals surface area contributed by atoms with E-state index in [9.17, 15) is 5.11 Å². The lowest BCUT2D eigenvalue weighted by Crippen LogP contribution is -2.01. The van der Waals surface area contributed by atoms with Gasteiger partial charge in [0.1, 0.15) is 11.5 Å². The van der Waals surface area contributed by atoms with E-state index in [1.807, 2.05) is 60.8 Å². The highest BCUT2D eigenvalue weighted by Gasteiger charge is 2.18. The van der Waals surface area contributed by atoms with Crippen LogP contribution in [0.15, 0.2) is 95.9 Å². The highest BCUT2D eigenvalue weighted by molar-refractivity contribution is 5.83. The molecule has 0 fully saturated rings.